The summed E-state index contributed by atoms with van der Waals surface area (Å²) in [6.07, 6.45) is 1.97. The predicted molar refractivity (Wildman–Crippen MR) is 72.0 cm³/mol. The Hall–Kier alpha value is -0.560. The molecule has 96 valence electrons. The molecule has 2 atom stereocenters. The fourth-order valence-electron chi connectivity index (χ4n) is 1.42. The molecule has 0 amide bonds. The molecule has 6 heteroatoms. The number of hydrogen-bond acceptors (Lipinski definition) is 5. The maximum Gasteiger partial charge on any atom is 0.345 e. The van der Waals surface area contributed by atoms with Gasteiger partial charge in [0.05, 0.1) is 6.61 Å². The fourth-order valence-corrected chi connectivity index (χ4v) is 2.87. The number of hydrogen-bond donors (Lipinski definition) is 3. The van der Waals surface area contributed by atoms with Crippen LogP contribution in [0.5, 0.6) is 0 Å². The molecule has 2 unspecified atom stereocenters. The molecule has 1 heterocycles. The van der Waals surface area contributed by atoms with Gasteiger partial charge in [-0.15, -0.1) is 11.3 Å². The molecule has 0 aliphatic rings. The van der Waals surface area contributed by atoms with Crippen LogP contribution in [-0.2, 0) is 6.54 Å². The number of nitrogens with one attached hydrogen (secondary N) is 1. The summed E-state index contributed by atoms with van der Waals surface area (Å²) in [5.74, 6) is -0.883. The lowest BCUT2D eigenvalue weighted by atomic mass is 10.2. The van der Waals surface area contributed by atoms with E-state index in [1.54, 1.807) is 17.8 Å². The number of rotatable bonds is 7. The minimum absolute atomic E-state index is 0.139. The summed E-state index contributed by atoms with van der Waals surface area (Å²) in [5.41, 5.74) is 0. The summed E-state index contributed by atoms with van der Waals surface area (Å²) in [4.78, 5) is 12.1. The van der Waals surface area contributed by atoms with Gasteiger partial charge in [-0.3, -0.25) is 0 Å². The third-order valence-electron chi connectivity index (χ3n) is 2.51. The Morgan fingerprint density at radius 3 is 2.76 bits per heavy atom. The average Bonchev–Trinajstić information content (AvgIpc) is 2.76. The Bertz CT molecular complexity index is 363. The van der Waals surface area contributed by atoms with E-state index in [1.165, 1.54) is 11.3 Å². The van der Waals surface area contributed by atoms with Gasteiger partial charge in [-0.25, -0.2) is 4.79 Å². The minimum atomic E-state index is -0.883. The van der Waals surface area contributed by atoms with Crippen molar-refractivity contribution >= 4 is 29.1 Å². The number of carboxylic acids is 1. The van der Waals surface area contributed by atoms with Crippen LogP contribution in [0.25, 0.3) is 0 Å². The van der Waals surface area contributed by atoms with Crippen LogP contribution in [0, 0.1) is 0 Å². The van der Waals surface area contributed by atoms with Crippen LogP contribution in [0.15, 0.2) is 12.1 Å². The maximum absolute atomic E-state index is 10.7. The van der Waals surface area contributed by atoms with Crippen LogP contribution in [0.2, 0.25) is 0 Å². The van der Waals surface area contributed by atoms with Gasteiger partial charge in [0.15, 0.2) is 0 Å². The number of aromatic carboxylic acids is 1. The number of carboxylic acid groups (broad SMARTS) is 1. The second-order valence-electron chi connectivity index (χ2n) is 3.70. The standard InChI is InChI=1S/C11H17NO3S2/c1-7(10(6-13)16-2)12-5-8-3-4-9(17-8)11(14)15/h3-4,7,10,12-13H,5-6H2,1-2H3,(H,14,15). The fraction of sp³-hybridized carbons (Fsp3) is 0.545. The third-order valence-corrected chi connectivity index (χ3v) is 4.75. The van der Waals surface area contributed by atoms with Crippen molar-refractivity contribution < 1.29 is 15.0 Å². The minimum Gasteiger partial charge on any atom is -0.477 e. The lowest BCUT2D eigenvalue weighted by molar-refractivity contribution is 0.0702. The molecule has 0 saturated carbocycles. The highest BCUT2D eigenvalue weighted by Gasteiger charge is 2.15. The second kappa shape index (κ2) is 7.00. The molecule has 0 bridgehead atoms. The Labute approximate surface area is 109 Å². The summed E-state index contributed by atoms with van der Waals surface area (Å²) in [6, 6.07) is 3.62. The quantitative estimate of drug-likeness (QED) is 0.706. The average molecular weight is 275 g/mol. The van der Waals surface area contributed by atoms with Crippen molar-refractivity contribution in [2.24, 2.45) is 0 Å². The van der Waals surface area contributed by atoms with Crippen LogP contribution in [0.3, 0.4) is 0 Å². The van der Waals surface area contributed by atoms with Crippen molar-refractivity contribution in [2.45, 2.75) is 24.8 Å². The zero-order valence-corrected chi connectivity index (χ0v) is 11.5. The van der Waals surface area contributed by atoms with E-state index in [0.29, 0.717) is 11.4 Å². The van der Waals surface area contributed by atoms with Gasteiger partial charge in [-0.05, 0) is 25.3 Å². The van der Waals surface area contributed by atoms with Crippen LogP contribution in [0.4, 0.5) is 0 Å². The normalized spacial score (nSPS) is 14.5. The maximum atomic E-state index is 10.7. The van der Waals surface area contributed by atoms with E-state index in [9.17, 15) is 4.79 Å². The molecule has 0 aromatic carbocycles. The van der Waals surface area contributed by atoms with E-state index in [-0.39, 0.29) is 17.9 Å². The van der Waals surface area contributed by atoms with E-state index in [2.05, 4.69) is 5.32 Å². The van der Waals surface area contributed by atoms with Gasteiger partial charge in [-0.1, -0.05) is 0 Å². The zero-order chi connectivity index (χ0) is 12.8. The zero-order valence-electron chi connectivity index (χ0n) is 9.84. The molecule has 1 rings (SSSR count). The van der Waals surface area contributed by atoms with Gasteiger partial charge in [0.25, 0.3) is 0 Å². The molecular weight excluding hydrogens is 258 g/mol. The molecule has 4 nitrogen and oxygen atoms in total. The SMILES string of the molecule is CSC(CO)C(C)NCc1ccc(C(=O)O)s1. The summed E-state index contributed by atoms with van der Waals surface area (Å²) < 4.78 is 0. The van der Waals surface area contributed by atoms with Gasteiger partial charge >= 0.3 is 5.97 Å². The first-order valence-corrected chi connectivity index (χ1v) is 7.38. The van der Waals surface area contributed by atoms with E-state index < -0.39 is 5.97 Å². The molecule has 17 heavy (non-hydrogen) atoms. The molecular formula is C11H17NO3S2. The van der Waals surface area contributed by atoms with Crippen molar-refractivity contribution in [3.05, 3.63) is 21.9 Å². The van der Waals surface area contributed by atoms with E-state index in [4.69, 9.17) is 10.2 Å². The molecule has 0 saturated heterocycles. The number of aliphatic hydroxyl groups is 1. The van der Waals surface area contributed by atoms with Crippen LogP contribution in [0.1, 0.15) is 21.5 Å². The van der Waals surface area contributed by atoms with E-state index in [0.717, 1.165) is 4.88 Å². The monoisotopic (exact) mass is 275 g/mol. The van der Waals surface area contributed by atoms with Crippen LogP contribution in [-0.4, -0.2) is 40.3 Å². The third kappa shape index (κ3) is 4.31. The Balaban J connectivity index is 2.46. The Kier molecular flexibility index (Phi) is 5.97. The van der Waals surface area contributed by atoms with Crippen molar-refractivity contribution in [1.82, 2.24) is 5.32 Å². The summed E-state index contributed by atoms with van der Waals surface area (Å²) in [7, 11) is 0. The van der Waals surface area contributed by atoms with Crippen molar-refractivity contribution in [1.29, 1.82) is 0 Å². The Morgan fingerprint density at radius 1 is 1.59 bits per heavy atom. The summed E-state index contributed by atoms with van der Waals surface area (Å²) >= 11 is 2.90. The molecule has 0 spiro atoms. The van der Waals surface area contributed by atoms with Crippen molar-refractivity contribution in [2.75, 3.05) is 12.9 Å². The molecule has 0 aliphatic heterocycles. The number of thiophene rings is 1. The molecule has 1 aromatic heterocycles. The first kappa shape index (κ1) is 14.5. The first-order valence-electron chi connectivity index (χ1n) is 5.27. The second-order valence-corrected chi connectivity index (χ2v) is 5.94. The topological polar surface area (TPSA) is 69.6 Å². The van der Waals surface area contributed by atoms with Crippen molar-refractivity contribution in [3.8, 4) is 0 Å². The molecule has 0 aliphatic carbocycles. The lowest BCUT2D eigenvalue weighted by Gasteiger charge is -2.20. The van der Waals surface area contributed by atoms with Crippen molar-refractivity contribution in [3.63, 3.8) is 0 Å². The molecule has 0 fully saturated rings. The highest BCUT2D eigenvalue weighted by molar-refractivity contribution is 7.99. The number of carbonyl (C=O) groups is 1. The largest absolute Gasteiger partial charge is 0.477 e. The summed E-state index contributed by atoms with van der Waals surface area (Å²) in [6.45, 7) is 2.79. The van der Waals surface area contributed by atoms with Gasteiger partial charge in [0, 0.05) is 22.7 Å². The number of aliphatic hydroxyl groups excluding tert-OH is 1. The number of thioether (sulfide) groups is 1. The smallest absolute Gasteiger partial charge is 0.345 e. The van der Waals surface area contributed by atoms with Gasteiger partial charge in [-0.2, -0.15) is 11.8 Å². The Morgan fingerprint density at radius 2 is 2.29 bits per heavy atom. The highest BCUT2D eigenvalue weighted by atomic mass is 32.2. The van der Waals surface area contributed by atoms with Gasteiger partial charge in [0.2, 0.25) is 0 Å². The van der Waals surface area contributed by atoms with Crippen LogP contribution < -0.4 is 5.32 Å². The molecule has 1 aromatic rings. The molecule has 3 N–H and O–H groups in total. The van der Waals surface area contributed by atoms with E-state index in [1.807, 2.05) is 19.2 Å². The first-order chi connectivity index (χ1) is 8.08. The summed E-state index contributed by atoms with van der Waals surface area (Å²) in [5, 5.41) is 21.4. The highest BCUT2D eigenvalue weighted by Crippen LogP contribution is 2.17. The van der Waals surface area contributed by atoms with Gasteiger partial charge < -0.3 is 15.5 Å². The van der Waals surface area contributed by atoms with Gasteiger partial charge in [0.1, 0.15) is 4.88 Å². The lowest BCUT2D eigenvalue weighted by Crippen LogP contribution is -2.36. The van der Waals surface area contributed by atoms with E-state index >= 15 is 0 Å². The molecule has 0 radical (unpaired) electrons. The predicted octanol–water partition coefficient (Wildman–Crippen LogP) is 1.65. The van der Waals surface area contributed by atoms with Crippen LogP contribution >= 0.6 is 23.1 Å².